The molecule has 11 nitrogen and oxygen atoms in total. The second-order valence-corrected chi connectivity index (χ2v) is 8.58. The van der Waals surface area contributed by atoms with Crippen LogP contribution in [-0.2, 0) is 17.9 Å². The van der Waals surface area contributed by atoms with Crippen molar-refractivity contribution in [3.05, 3.63) is 47.2 Å². The number of aryl methyl sites for hydroxylation is 1. The quantitative estimate of drug-likeness (QED) is 0.496. The van der Waals surface area contributed by atoms with Crippen LogP contribution in [0.25, 0.3) is 11.5 Å². The summed E-state index contributed by atoms with van der Waals surface area (Å²) in [6.45, 7) is 3.96. The predicted octanol–water partition coefficient (Wildman–Crippen LogP) is 1.82. The average molecular weight is 483 g/mol. The molecule has 1 fully saturated rings. The van der Waals surface area contributed by atoms with Crippen molar-refractivity contribution >= 4 is 11.8 Å². The zero-order valence-corrected chi connectivity index (χ0v) is 19.8. The lowest BCUT2D eigenvalue weighted by Crippen LogP contribution is -2.30. The molecule has 2 aromatic heterocycles. The summed E-state index contributed by atoms with van der Waals surface area (Å²) in [7, 11) is 1.38. The van der Waals surface area contributed by atoms with Crippen LogP contribution in [0, 0.1) is 18.7 Å². The molecule has 12 heteroatoms. The molecule has 35 heavy (non-hydrogen) atoms. The number of methoxy groups -OCH3 is 1. The minimum absolute atomic E-state index is 0.0202. The first-order valence-corrected chi connectivity index (χ1v) is 11.3. The fourth-order valence-electron chi connectivity index (χ4n) is 4.20. The van der Waals surface area contributed by atoms with E-state index in [-0.39, 0.29) is 29.9 Å². The summed E-state index contributed by atoms with van der Waals surface area (Å²) in [6.07, 6.45) is 2.77. The number of carbonyl (C=O) groups excluding carboxylic acids is 2. The molecule has 1 aromatic carbocycles. The minimum atomic E-state index is -0.473. The van der Waals surface area contributed by atoms with Crippen LogP contribution >= 0.6 is 0 Å². The van der Waals surface area contributed by atoms with Crippen molar-refractivity contribution in [1.29, 1.82) is 0 Å². The van der Waals surface area contributed by atoms with Gasteiger partial charge in [-0.15, -0.1) is 10.2 Å². The van der Waals surface area contributed by atoms with Crippen LogP contribution in [0.3, 0.4) is 0 Å². The van der Waals surface area contributed by atoms with Gasteiger partial charge in [0, 0.05) is 19.5 Å². The molecule has 3 aromatic rings. The SMILES string of the molecule is COc1cc(CNC(=O)c2cc(-c3nnn(C[C@@H]4CC[C@H](NC(C)=O)C4)n3)nc(C)n2)ccc1F. The Balaban J connectivity index is 1.41. The van der Waals surface area contributed by atoms with Crippen LogP contribution in [0.2, 0.25) is 0 Å². The monoisotopic (exact) mass is 482 g/mol. The Morgan fingerprint density at radius 3 is 2.83 bits per heavy atom. The number of carbonyl (C=O) groups is 2. The summed E-state index contributed by atoms with van der Waals surface area (Å²) in [5.41, 5.74) is 1.23. The van der Waals surface area contributed by atoms with Gasteiger partial charge in [-0.05, 0) is 61.1 Å². The van der Waals surface area contributed by atoms with Crippen LogP contribution in [0.5, 0.6) is 5.75 Å². The van der Waals surface area contributed by atoms with Crippen molar-refractivity contribution in [3.8, 4) is 17.3 Å². The molecule has 0 radical (unpaired) electrons. The minimum Gasteiger partial charge on any atom is -0.494 e. The van der Waals surface area contributed by atoms with Gasteiger partial charge in [0.05, 0.1) is 13.7 Å². The van der Waals surface area contributed by atoms with Gasteiger partial charge in [0.25, 0.3) is 5.91 Å². The van der Waals surface area contributed by atoms with Crippen molar-refractivity contribution in [1.82, 2.24) is 40.8 Å². The van der Waals surface area contributed by atoms with Gasteiger partial charge in [0.15, 0.2) is 11.6 Å². The first kappa shape index (κ1) is 24.2. The van der Waals surface area contributed by atoms with Gasteiger partial charge in [-0.25, -0.2) is 14.4 Å². The number of ether oxygens (including phenoxy) is 1. The van der Waals surface area contributed by atoms with E-state index in [1.165, 1.54) is 37.0 Å². The number of tetrazole rings is 1. The highest BCUT2D eigenvalue weighted by molar-refractivity contribution is 5.93. The Morgan fingerprint density at radius 2 is 2.06 bits per heavy atom. The van der Waals surface area contributed by atoms with E-state index < -0.39 is 11.7 Å². The fraction of sp³-hybridized carbons (Fsp3) is 0.435. The predicted molar refractivity (Wildman–Crippen MR) is 123 cm³/mol. The van der Waals surface area contributed by atoms with Crippen molar-refractivity contribution in [2.45, 2.75) is 52.2 Å². The number of nitrogens with one attached hydrogen (secondary N) is 2. The van der Waals surface area contributed by atoms with E-state index in [4.69, 9.17) is 4.74 Å². The van der Waals surface area contributed by atoms with Crippen molar-refractivity contribution in [2.24, 2.45) is 5.92 Å². The molecule has 4 rings (SSSR count). The lowest BCUT2D eigenvalue weighted by Gasteiger charge is -2.11. The van der Waals surface area contributed by atoms with Gasteiger partial charge < -0.3 is 15.4 Å². The highest BCUT2D eigenvalue weighted by atomic mass is 19.1. The van der Waals surface area contributed by atoms with Crippen LogP contribution in [-0.4, -0.2) is 55.1 Å². The zero-order valence-electron chi connectivity index (χ0n) is 19.8. The number of benzene rings is 1. The summed E-state index contributed by atoms with van der Waals surface area (Å²) in [5.74, 6) is 0.225. The summed E-state index contributed by atoms with van der Waals surface area (Å²) in [5, 5.41) is 18.4. The van der Waals surface area contributed by atoms with Crippen LogP contribution in [0.4, 0.5) is 4.39 Å². The molecule has 0 saturated heterocycles. The zero-order chi connectivity index (χ0) is 24.9. The Morgan fingerprint density at radius 1 is 1.23 bits per heavy atom. The first-order valence-electron chi connectivity index (χ1n) is 11.3. The maximum Gasteiger partial charge on any atom is 0.270 e. The summed E-state index contributed by atoms with van der Waals surface area (Å²) >= 11 is 0. The third-order valence-electron chi connectivity index (χ3n) is 5.79. The second kappa shape index (κ2) is 10.5. The molecule has 0 unspecified atom stereocenters. The number of hydrogen-bond acceptors (Lipinski definition) is 8. The van der Waals surface area contributed by atoms with Gasteiger partial charge in [0.1, 0.15) is 17.2 Å². The largest absolute Gasteiger partial charge is 0.494 e. The van der Waals surface area contributed by atoms with E-state index >= 15 is 0 Å². The maximum atomic E-state index is 13.6. The van der Waals surface area contributed by atoms with E-state index in [0.717, 1.165) is 19.3 Å². The number of amides is 2. The van der Waals surface area contributed by atoms with Crippen LogP contribution in [0.1, 0.15) is 48.1 Å². The molecule has 184 valence electrons. The smallest absolute Gasteiger partial charge is 0.270 e. The van der Waals surface area contributed by atoms with Gasteiger partial charge in [-0.1, -0.05) is 6.07 Å². The van der Waals surface area contributed by atoms with E-state index in [9.17, 15) is 14.0 Å². The Kier molecular flexibility index (Phi) is 7.28. The molecule has 1 aliphatic rings. The second-order valence-electron chi connectivity index (χ2n) is 8.58. The fourth-order valence-corrected chi connectivity index (χ4v) is 4.20. The average Bonchev–Trinajstić information content (AvgIpc) is 3.47. The maximum absolute atomic E-state index is 13.6. The van der Waals surface area contributed by atoms with E-state index in [1.54, 1.807) is 13.0 Å². The van der Waals surface area contributed by atoms with Gasteiger partial charge in [-0.2, -0.15) is 4.80 Å². The molecule has 2 N–H and O–H groups in total. The van der Waals surface area contributed by atoms with Crippen molar-refractivity contribution < 1.29 is 18.7 Å². The van der Waals surface area contributed by atoms with Crippen LogP contribution in [0.15, 0.2) is 24.3 Å². The van der Waals surface area contributed by atoms with Crippen molar-refractivity contribution in [3.63, 3.8) is 0 Å². The lowest BCUT2D eigenvalue weighted by atomic mass is 10.1. The standard InChI is InChI=1S/C23H27FN8O3/c1-13-26-19(22-29-31-32(30-22)12-16-4-6-17(8-16)28-14(2)33)10-20(27-13)23(34)25-11-15-5-7-18(24)21(9-15)35-3/h5,7,9-10,16-17H,4,6,8,11-12H2,1-3H3,(H,25,34)(H,28,33)/t16-,17+/m1/s1. The highest BCUT2D eigenvalue weighted by Crippen LogP contribution is 2.27. The molecule has 0 aliphatic heterocycles. The molecule has 2 amide bonds. The van der Waals surface area contributed by atoms with E-state index in [2.05, 4.69) is 36.0 Å². The van der Waals surface area contributed by atoms with E-state index in [0.29, 0.717) is 35.4 Å². The molecular weight excluding hydrogens is 455 g/mol. The first-order chi connectivity index (χ1) is 16.8. The van der Waals surface area contributed by atoms with E-state index in [1.807, 2.05) is 0 Å². The summed E-state index contributed by atoms with van der Waals surface area (Å²) in [4.78, 5) is 34.1. The number of hydrogen-bond donors (Lipinski definition) is 2. The summed E-state index contributed by atoms with van der Waals surface area (Å²) in [6, 6.07) is 6.07. The van der Waals surface area contributed by atoms with Crippen molar-refractivity contribution in [2.75, 3.05) is 7.11 Å². The van der Waals surface area contributed by atoms with Gasteiger partial charge in [0.2, 0.25) is 11.7 Å². The molecule has 2 atom stereocenters. The lowest BCUT2D eigenvalue weighted by molar-refractivity contribution is -0.119. The molecule has 2 heterocycles. The third kappa shape index (κ3) is 6.14. The normalized spacial score (nSPS) is 17.3. The number of rotatable bonds is 8. The van der Waals surface area contributed by atoms with Crippen LogP contribution < -0.4 is 15.4 Å². The molecule has 1 saturated carbocycles. The third-order valence-corrected chi connectivity index (χ3v) is 5.79. The molecular formula is C23H27FN8O3. The Labute approximate surface area is 201 Å². The Hall–Kier alpha value is -3.96. The number of nitrogens with zero attached hydrogens (tertiary/aromatic N) is 6. The van der Waals surface area contributed by atoms with Gasteiger partial charge in [-0.3, -0.25) is 9.59 Å². The summed E-state index contributed by atoms with van der Waals surface area (Å²) < 4.78 is 18.6. The highest BCUT2D eigenvalue weighted by Gasteiger charge is 2.26. The van der Waals surface area contributed by atoms with Gasteiger partial charge >= 0.3 is 0 Å². The Bertz CT molecular complexity index is 1230. The number of aromatic nitrogens is 6. The molecule has 0 bridgehead atoms. The molecule has 1 aliphatic carbocycles. The number of halogens is 1. The molecule has 0 spiro atoms. The topological polar surface area (TPSA) is 137 Å².